The van der Waals surface area contributed by atoms with Gasteiger partial charge in [0.1, 0.15) is 11.2 Å². The number of hydrogen-bond donors (Lipinski definition) is 1. The molecule has 0 amide bonds. The maximum atomic E-state index is 12.2. The summed E-state index contributed by atoms with van der Waals surface area (Å²) in [7, 11) is 1.92. The highest BCUT2D eigenvalue weighted by molar-refractivity contribution is 6.16. The van der Waals surface area contributed by atoms with Crippen LogP contribution in [0, 0.1) is 19.3 Å². The third-order valence-corrected chi connectivity index (χ3v) is 3.74. The van der Waals surface area contributed by atoms with E-state index in [2.05, 4.69) is 10.9 Å². The molecule has 0 saturated carbocycles. The molecule has 2 heterocycles. The number of fused-ring (bicyclic) bond motifs is 3. The summed E-state index contributed by atoms with van der Waals surface area (Å²) in [6.07, 6.45) is 5.12. The molecule has 1 aromatic carbocycles. The van der Waals surface area contributed by atoms with Crippen LogP contribution in [0.2, 0.25) is 0 Å². The summed E-state index contributed by atoms with van der Waals surface area (Å²) >= 11 is 0. The highest BCUT2D eigenvalue weighted by atomic mass is 16.5. The predicted molar refractivity (Wildman–Crippen MR) is 86.5 cm³/mol. The lowest BCUT2D eigenvalue weighted by atomic mass is 10.1. The minimum atomic E-state index is -0.546. The lowest BCUT2D eigenvalue weighted by Crippen LogP contribution is -2.12. The van der Waals surface area contributed by atoms with Gasteiger partial charge in [0.05, 0.1) is 22.3 Å². The van der Waals surface area contributed by atoms with Crippen LogP contribution in [0.3, 0.4) is 0 Å². The number of terminal acetylenes is 1. The monoisotopic (exact) mass is 293 g/mol. The number of benzene rings is 1. The number of nitrogen functional groups attached to an aromatic ring is 1. The number of aromatic nitrogens is 2. The highest BCUT2D eigenvalue weighted by Crippen LogP contribution is 2.34. The van der Waals surface area contributed by atoms with Gasteiger partial charge in [-0.25, -0.2) is 9.78 Å². The largest absolute Gasteiger partial charge is 0.449 e. The van der Waals surface area contributed by atoms with Crippen LogP contribution < -0.4 is 5.73 Å². The fraction of sp³-hybridized carbons (Fsp3) is 0.176. The number of rotatable bonds is 2. The van der Waals surface area contributed by atoms with Crippen LogP contribution in [0.1, 0.15) is 16.1 Å². The fourth-order valence-electron chi connectivity index (χ4n) is 2.75. The Balaban J connectivity index is 2.35. The molecule has 2 N–H and O–H groups in total. The van der Waals surface area contributed by atoms with Crippen molar-refractivity contribution in [2.75, 3.05) is 12.3 Å². The van der Waals surface area contributed by atoms with Crippen LogP contribution >= 0.6 is 0 Å². The molecule has 3 rings (SSSR count). The van der Waals surface area contributed by atoms with Crippen molar-refractivity contribution < 1.29 is 9.53 Å². The Bertz CT molecular complexity index is 948. The number of nitrogens with two attached hydrogens (primary N) is 1. The quantitative estimate of drug-likeness (QED) is 0.582. The Morgan fingerprint density at radius 1 is 1.45 bits per heavy atom. The zero-order chi connectivity index (χ0) is 15.9. The van der Waals surface area contributed by atoms with Crippen molar-refractivity contribution in [1.82, 2.24) is 9.55 Å². The Morgan fingerprint density at radius 3 is 2.91 bits per heavy atom. The normalized spacial score (nSPS) is 10.8. The second-order valence-electron chi connectivity index (χ2n) is 5.04. The first kappa shape index (κ1) is 14.0. The first-order valence-electron chi connectivity index (χ1n) is 6.80. The van der Waals surface area contributed by atoms with Gasteiger partial charge in [-0.3, -0.25) is 0 Å². The molecular weight excluding hydrogens is 278 g/mol. The van der Waals surface area contributed by atoms with Gasteiger partial charge in [-0.15, -0.1) is 6.42 Å². The number of anilines is 1. The maximum Gasteiger partial charge on any atom is 0.343 e. The van der Waals surface area contributed by atoms with Crippen LogP contribution in [0.4, 0.5) is 5.69 Å². The Hall–Kier alpha value is -3.00. The Kier molecular flexibility index (Phi) is 3.22. The third kappa shape index (κ3) is 1.89. The van der Waals surface area contributed by atoms with Crippen molar-refractivity contribution in [3.63, 3.8) is 0 Å². The van der Waals surface area contributed by atoms with E-state index >= 15 is 0 Å². The van der Waals surface area contributed by atoms with Gasteiger partial charge in [0.15, 0.2) is 6.61 Å². The first-order valence-corrected chi connectivity index (χ1v) is 6.80. The first-order chi connectivity index (χ1) is 10.6. The molecule has 0 aliphatic rings. The van der Waals surface area contributed by atoms with Crippen LogP contribution in [0.5, 0.6) is 0 Å². The fourth-order valence-corrected chi connectivity index (χ4v) is 2.75. The molecule has 5 heteroatoms. The van der Waals surface area contributed by atoms with E-state index in [1.54, 1.807) is 6.92 Å². The van der Waals surface area contributed by atoms with Crippen molar-refractivity contribution >= 4 is 33.6 Å². The van der Waals surface area contributed by atoms with E-state index < -0.39 is 5.97 Å². The molecule has 0 spiro atoms. The second kappa shape index (κ2) is 5.08. The average molecular weight is 293 g/mol. The zero-order valence-electron chi connectivity index (χ0n) is 12.4. The maximum absolute atomic E-state index is 12.2. The summed E-state index contributed by atoms with van der Waals surface area (Å²) in [5, 5.41) is 1.72. The molecule has 0 unspecified atom stereocenters. The molecule has 0 aliphatic heterocycles. The Labute approximate surface area is 127 Å². The molecule has 5 nitrogen and oxygen atoms in total. The van der Waals surface area contributed by atoms with Gasteiger partial charge in [-0.2, -0.15) is 0 Å². The highest BCUT2D eigenvalue weighted by Gasteiger charge is 2.22. The van der Waals surface area contributed by atoms with Gasteiger partial charge < -0.3 is 15.0 Å². The topological polar surface area (TPSA) is 70.1 Å². The van der Waals surface area contributed by atoms with E-state index in [-0.39, 0.29) is 12.2 Å². The number of pyridine rings is 1. The lowest BCUT2D eigenvalue weighted by molar-refractivity contribution is 0.0557. The summed E-state index contributed by atoms with van der Waals surface area (Å²) in [4.78, 5) is 16.7. The summed E-state index contributed by atoms with van der Waals surface area (Å²) in [5.74, 6) is 1.72. The number of aryl methyl sites for hydroxylation is 2. The van der Waals surface area contributed by atoms with Crippen LogP contribution in [0.25, 0.3) is 21.9 Å². The SMILES string of the molecule is C#CCOC(=O)c1c(C)nc2c(c1N)c1ccccc1n2C. The summed E-state index contributed by atoms with van der Waals surface area (Å²) in [5.41, 5.74) is 9.19. The molecule has 22 heavy (non-hydrogen) atoms. The molecule has 0 fully saturated rings. The molecule has 0 radical (unpaired) electrons. The van der Waals surface area contributed by atoms with Crippen LogP contribution in [-0.2, 0) is 11.8 Å². The number of esters is 1. The minimum absolute atomic E-state index is 0.0920. The minimum Gasteiger partial charge on any atom is -0.449 e. The summed E-state index contributed by atoms with van der Waals surface area (Å²) < 4.78 is 6.97. The summed E-state index contributed by atoms with van der Waals surface area (Å²) in [6, 6.07) is 7.83. The molecule has 110 valence electrons. The van der Waals surface area contributed by atoms with Crippen molar-refractivity contribution in [3.8, 4) is 12.3 Å². The number of carbonyl (C=O) groups is 1. The van der Waals surface area contributed by atoms with E-state index in [0.29, 0.717) is 11.4 Å². The molecule has 0 atom stereocenters. The number of hydrogen-bond acceptors (Lipinski definition) is 4. The third-order valence-electron chi connectivity index (χ3n) is 3.74. The van der Waals surface area contributed by atoms with Crippen molar-refractivity contribution in [1.29, 1.82) is 0 Å². The standard InChI is InChI=1S/C17H15N3O2/c1-4-9-22-17(21)13-10(2)19-16-14(15(13)18)11-7-5-6-8-12(11)20(16)3/h1,5-8H,9H2,2-3H3,(H2,18,19). The number of nitrogens with zero attached hydrogens (tertiary/aromatic N) is 2. The van der Waals surface area contributed by atoms with Crippen LogP contribution in [0.15, 0.2) is 24.3 Å². The van der Waals surface area contributed by atoms with E-state index in [1.807, 2.05) is 35.9 Å². The molecule has 0 saturated heterocycles. The van der Waals surface area contributed by atoms with Gasteiger partial charge in [0, 0.05) is 12.4 Å². The zero-order valence-corrected chi connectivity index (χ0v) is 12.4. The molecule has 3 aromatic rings. The number of para-hydroxylation sites is 1. The van der Waals surface area contributed by atoms with E-state index in [9.17, 15) is 4.79 Å². The van der Waals surface area contributed by atoms with E-state index in [0.717, 1.165) is 21.9 Å². The van der Waals surface area contributed by atoms with Gasteiger partial charge in [-0.05, 0) is 13.0 Å². The van der Waals surface area contributed by atoms with Gasteiger partial charge >= 0.3 is 5.97 Å². The summed E-state index contributed by atoms with van der Waals surface area (Å²) in [6.45, 7) is 1.64. The Morgan fingerprint density at radius 2 is 2.18 bits per heavy atom. The van der Waals surface area contributed by atoms with E-state index in [1.165, 1.54) is 0 Å². The van der Waals surface area contributed by atoms with Crippen molar-refractivity contribution in [3.05, 3.63) is 35.5 Å². The van der Waals surface area contributed by atoms with Gasteiger partial charge in [0.25, 0.3) is 0 Å². The number of carbonyl (C=O) groups excluding carboxylic acids is 1. The second-order valence-corrected chi connectivity index (χ2v) is 5.04. The molecular formula is C17H15N3O2. The molecule has 0 aliphatic carbocycles. The van der Waals surface area contributed by atoms with Gasteiger partial charge in [-0.1, -0.05) is 24.1 Å². The van der Waals surface area contributed by atoms with E-state index in [4.69, 9.17) is 16.9 Å². The lowest BCUT2D eigenvalue weighted by Gasteiger charge is -2.09. The smallest absolute Gasteiger partial charge is 0.343 e. The molecule has 2 aromatic heterocycles. The van der Waals surface area contributed by atoms with Gasteiger partial charge in [0.2, 0.25) is 0 Å². The van der Waals surface area contributed by atoms with Crippen LogP contribution in [-0.4, -0.2) is 22.1 Å². The molecule has 0 bridgehead atoms. The van der Waals surface area contributed by atoms with Crippen molar-refractivity contribution in [2.24, 2.45) is 7.05 Å². The number of ether oxygens (including phenoxy) is 1. The van der Waals surface area contributed by atoms with Crippen molar-refractivity contribution in [2.45, 2.75) is 6.92 Å². The average Bonchev–Trinajstić information content (AvgIpc) is 2.79. The predicted octanol–water partition coefficient (Wildman–Crippen LogP) is 2.41.